The zero-order chi connectivity index (χ0) is 9.84. The van der Waals surface area contributed by atoms with Gasteiger partial charge in [0.2, 0.25) is 0 Å². The van der Waals surface area contributed by atoms with Crippen molar-refractivity contribution in [2.45, 2.75) is 26.2 Å². The molecule has 0 bridgehead atoms. The van der Waals surface area contributed by atoms with Gasteiger partial charge in [0.05, 0.1) is 12.6 Å². The highest BCUT2D eigenvalue weighted by atomic mass is 16.1. The summed E-state index contributed by atoms with van der Waals surface area (Å²) < 4.78 is 0. The molecule has 0 heterocycles. The van der Waals surface area contributed by atoms with Crippen LogP contribution in [0, 0.1) is 23.8 Å². The predicted octanol–water partition coefficient (Wildman–Crippen LogP) is 2.07. The van der Waals surface area contributed by atoms with Crippen LogP contribution in [0.2, 0.25) is 0 Å². The van der Waals surface area contributed by atoms with Crippen molar-refractivity contribution in [2.24, 2.45) is 5.92 Å². The molecular weight excluding hydrogens is 164 g/mol. The molecule has 0 aliphatic heterocycles. The Balaban J connectivity index is 3.08. The number of nitriles is 1. The number of ketones is 1. The summed E-state index contributed by atoms with van der Waals surface area (Å²) in [7, 11) is 0. The van der Waals surface area contributed by atoms with E-state index in [2.05, 4.69) is 4.85 Å². The van der Waals surface area contributed by atoms with Crippen molar-refractivity contribution < 1.29 is 4.79 Å². The molecule has 1 unspecified atom stereocenters. The molecule has 1 aliphatic carbocycles. The van der Waals surface area contributed by atoms with Gasteiger partial charge < -0.3 is 0 Å². The van der Waals surface area contributed by atoms with Gasteiger partial charge >= 0.3 is 0 Å². The Morgan fingerprint density at radius 3 is 2.92 bits per heavy atom. The third kappa shape index (κ3) is 1.60. The lowest BCUT2D eigenvalue weighted by molar-refractivity contribution is -0.120. The molecule has 0 saturated heterocycles. The molecule has 13 heavy (non-hydrogen) atoms. The quantitative estimate of drug-likeness (QED) is 0.451. The second-order valence-corrected chi connectivity index (χ2v) is 3.02. The fourth-order valence-corrected chi connectivity index (χ4v) is 1.73. The second kappa shape index (κ2) is 3.87. The lowest BCUT2D eigenvalue weighted by Gasteiger charge is -2.06. The van der Waals surface area contributed by atoms with Crippen LogP contribution in [0.5, 0.6) is 0 Å². The number of hydrogen-bond donors (Lipinski definition) is 0. The maximum Gasteiger partial charge on any atom is 0.261 e. The molecular formula is C10H10N2O. The van der Waals surface area contributed by atoms with Crippen molar-refractivity contribution in [3.8, 4) is 6.07 Å². The first-order valence-electron chi connectivity index (χ1n) is 4.27. The summed E-state index contributed by atoms with van der Waals surface area (Å²) in [6, 6.07) is 1.85. The predicted molar refractivity (Wildman–Crippen MR) is 47.3 cm³/mol. The number of rotatable bonds is 1. The molecule has 0 amide bonds. The molecule has 1 fully saturated rings. The first-order valence-corrected chi connectivity index (χ1v) is 4.27. The van der Waals surface area contributed by atoms with Gasteiger partial charge in [0, 0.05) is 12.3 Å². The molecule has 3 nitrogen and oxygen atoms in total. The molecule has 3 heteroatoms. The Morgan fingerprint density at radius 1 is 1.77 bits per heavy atom. The molecule has 0 spiro atoms. The number of nitrogens with zero attached hydrogens (tertiary/aromatic N) is 2. The highest BCUT2D eigenvalue weighted by molar-refractivity contribution is 5.87. The molecule has 1 aliphatic rings. The van der Waals surface area contributed by atoms with E-state index in [1.807, 2.05) is 13.0 Å². The van der Waals surface area contributed by atoms with E-state index in [0.29, 0.717) is 19.3 Å². The van der Waals surface area contributed by atoms with Gasteiger partial charge in [0.1, 0.15) is 5.78 Å². The van der Waals surface area contributed by atoms with Crippen LogP contribution in [0.4, 0.5) is 0 Å². The molecule has 0 aromatic rings. The summed E-state index contributed by atoms with van der Waals surface area (Å²) in [5.41, 5.74) is 0.878. The van der Waals surface area contributed by atoms with E-state index >= 15 is 0 Å². The van der Waals surface area contributed by atoms with Crippen LogP contribution in [0.1, 0.15) is 26.2 Å². The van der Waals surface area contributed by atoms with Crippen molar-refractivity contribution in [2.75, 3.05) is 0 Å². The number of allylic oxidation sites excluding steroid dienone is 2. The maximum atomic E-state index is 11.3. The van der Waals surface area contributed by atoms with Gasteiger partial charge in [-0.3, -0.25) is 4.79 Å². The van der Waals surface area contributed by atoms with Crippen LogP contribution >= 0.6 is 0 Å². The van der Waals surface area contributed by atoms with E-state index in [0.717, 1.165) is 5.57 Å². The first-order chi connectivity index (χ1) is 6.24. The smallest absolute Gasteiger partial charge is 0.261 e. The highest BCUT2D eigenvalue weighted by Gasteiger charge is 2.30. The van der Waals surface area contributed by atoms with Crippen molar-refractivity contribution >= 4 is 5.78 Å². The molecule has 1 rings (SSSR count). The van der Waals surface area contributed by atoms with Crippen molar-refractivity contribution in [3.05, 3.63) is 22.7 Å². The summed E-state index contributed by atoms with van der Waals surface area (Å²) in [5, 5.41) is 8.65. The first kappa shape index (κ1) is 9.48. The molecule has 0 radical (unpaired) electrons. The van der Waals surface area contributed by atoms with Crippen LogP contribution in [-0.4, -0.2) is 5.78 Å². The van der Waals surface area contributed by atoms with Gasteiger partial charge in [0.25, 0.3) is 5.70 Å². The molecule has 1 saturated carbocycles. The minimum absolute atomic E-state index is 0.123. The number of Topliss-reactive ketones (excluding diaryl/α,β-unsaturated/α-hetero) is 1. The molecule has 66 valence electrons. The van der Waals surface area contributed by atoms with E-state index < -0.39 is 0 Å². The lowest BCUT2D eigenvalue weighted by Crippen LogP contribution is -2.06. The van der Waals surface area contributed by atoms with Crippen molar-refractivity contribution in [3.63, 3.8) is 0 Å². The molecule has 0 aromatic carbocycles. The van der Waals surface area contributed by atoms with Crippen molar-refractivity contribution in [1.82, 2.24) is 0 Å². The summed E-state index contributed by atoms with van der Waals surface area (Å²) >= 11 is 0. The summed E-state index contributed by atoms with van der Waals surface area (Å²) in [5.74, 6) is 0.0117. The average Bonchev–Trinajstić information content (AvgIpc) is 2.50. The Bertz CT molecular complexity index is 325. The van der Waals surface area contributed by atoms with Gasteiger partial charge in [-0.25, -0.2) is 10.1 Å². The second-order valence-electron chi connectivity index (χ2n) is 3.02. The summed E-state index contributed by atoms with van der Waals surface area (Å²) in [6.07, 6.45) is 1.80. The van der Waals surface area contributed by atoms with Gasteiger partial charge in [-0.15, -0.1) is 0 Å². The molecule has 1 atom stereocenters. The summed E-state index contributed by atoms with van der Waals surface area (Å²) in [4.78, 5) is 14.4. The summed E-state index contributed by atoms with van der Waals surface area (Å²) in [6.45, 7) is 8.70. The highest BCUT2D eigenvalue weighted by Crippen LogP contribution is 2.32. The molecule has 0 N–H and O–H groups in total. The van der Waals surface area contributed by atoms with Gasteiger partial charge in [0.15, 0.2) is 0 Å². The fraction of sp³-hybridized carbons (Fsp3) is 0.500. The fourth-order valence-electron chi connectivity index (χ4n) is 1.73. The van der Waals surface area contributed by atoms with Crippen LogP contribution in [-0.2, 0) is 4.79 Å². The number of carbonyl (C=O) groups is 1. The van der Waals surface area contributed by atoms with Gasteiger partial charge in [-0.05, 0) is 18.4 Å². The minimum Gasteiger partial charge on any atom is -0.299 e. The normalized spacial score (nSPS) is 25.2. The Morgan fingerprint density at radius 2 is 2.46 bits per heavy atom. The van der Waals surface area contributed by atoms with Crippen molar-refractivity contribution in [1.29, 1.82) is 5.26 Å². The van der Waals surface area contributed by atoms with Gasteiger partial charge in [-0.2, -0.15) is 0 Å². The van der Waals surface area contributed by atoms with Crippen LogP contribution in [0.15, 0.2) is 11.3 Å². The van der Waals surface area contributed by atoms with E-state index in [1.165, 1.54) is 0 Å². The largest absolute Gasteiger partial charge is 0.299 e. The average molecular weight is 174 g/mol. The Hall–Kier alpha value is -1.61. The van der Waals surface area contributed by atoms with Crippen LogP contribution in [0.3, 0.4) is 0 Å². The molecule has 0 aromatic heterocycles. The standard InChI is InChI=1S/C10H10N2O/c1-3-7-8(4-5-10(7)13)9(6-11)12-2/h7H,3-5H2,1H3/b9-8+. The number of carbonyl (C=O) groups excluding carboxylic acids is 1. The van der Waals surface area contributed by atoms with E-state index in [9.17, 15) is 4.79 Å². The van der Waals surface area contributed by atoms with Gasteiger partial charge in [-0.1, -0.05) is 6.92 Å². The maximum absolute atomic E-state index is 11.3. The topological polar surface area (TPSA) is 45.2 Å². The minimum atomic E-state index is -0.163. The number of hydrogen-bond acceptors (Lipinski definition) is 2. The monoisotopic (exact) mass is 174 g/mol. The van der Waals surface area contributed by atoms with E-state index in [1.54, 1.807) is 0 Å². The van der Waals surface area contributed by atoms with Crippen LogP contribution < -0.4 is 0 Å². The van der Waals surface area contributed by atoms with E-state index in [-0.39, 0.29) is 17.4 Å². The lowest BCUT2D eigenvalue weighted by atomic mass is 9.98. The third-order valence-corrected chi connectivity index (χ3v) is 2.38. The zero-order valence-electron chi connectivity index (χ0n) is 7.50. The third-order valence-electron chi connectivity index (χ3n) is 2.38. The van der Waals surface area contributed by atoms with E-state index in [4.69, 9.17) is 11.8 Å². The van der Waals surface area contributed by atoms with Crippen LogP contribution in [0.25, 0.3) is 4.85 Å². The SMILES string of the molecule is [C-]#[N+]/C(C#N)=C1\CCC(=O)C1CC. The zero-order valence-corrected chi connectivity index (χ0v) is 7.50. The Kier molecular flexibility index (Phi) is 2.82. The Labute approximate surface area is 77.5 Å².